The van der Waals surface area contributed by atoms with Crippen LogP contribution in [0.4, 0.5) is 0 Å². The van der Waals surface area contributed by atoms with Crippen molar-refractivity contribution in [3.05, 3.63) is 0 Å². The van der Waals surface area contributed by atoms with E-state index in [4.69, 9.17) is 0 Å². The minimum atomic E-state index is 0.714. The first kappa shape index (κ1) is 14.0. The highest BCUT2D eigenvalue weighted by molar-refractivity contribution is 4.68. The van der Waals surface area contributed by atoms with Gasteiger partial charge in [0, 0.05) is 6.04 Å². The van der Waals surface area contributed by atoms with Crippen LogP contribution in [0.3, 0.4) is 0 Å². The summed E-state index contributed by atoms with van der Waals surface area (Å²) in [6.07, 6.45) is 11.5. The number of rotatable bonds is 7. The zero-order chi connectivity index (χ0) is 11.8. The van der Waals surface area contributed by atoms with Crippen molar-refractivity contribution in [3.63, 3.8) is 0 Å². The van der Waals surface area contributed by atoms with Crippen LogP contribution in [0.1, 0.15) is 72.1 Å². The van der Waals surface area contributed by atoms with Crippen LogP contribution in [0, 0.1) is 11.8 Å². The summed E-state index contributed by atoms with van der Waals surface area (Å²) >= 11 is 0. The molecule has 0 aromatic heterocycles. The van der Waals surface area contributed by atoms with Crippen molar-refractivity contribution in [1.29, 1.82) is 0 Å². The largest absolute Gasteiger partial charge is 0.314 e. The van der Waals surface area contributed by atoms with Crippen LogP contribution in [0.5, 0.6) is 0 Å². The third-order valence-electron chi connectivity index (χ3n) is 3.95. The molecular formula is C15H31N. The first-order valence-corrected chi connectivity index (χ1v) is 7.42. The van der Waals surface area contributed by atoms with Crippen LogP contribution in [-0.2, 0) is 0 Å². The van der Waals surface area contributed by atoms with E-state index >= 15 is 0 Å². The van der Waals surface area contributed by atoms with Gasteiger partial charge < -0.3 is 5.32 Å². The van der Waals surface area contributed by atoms with Crippen LogP contribution < -0.4 is 5.32 Å². The van der Waals surface area contributed by atoms with Crippen molar-refractivity contribution in [2.24, 2.45) is 11.8 Å². The van der Waals surface area contributed by atoms with Crippen molar-refractivity contribution in [3.8, 4) is 0 Å². The van der Waals surface area contributed by atoms with Crippen LogP contribution in [-0.4, -0.2) is 12.6 Å². The van der Waals surface area contributed by atoms with Gasteiger partial charge in [0.05, 0.1) is 0 Å². The fraction of sp³-hybridized carbons (Fsp3) is 1.00. The van der Waals surface area contributed by atoms with Gasteiger partial charge in [0.25, 0.3) is 0 Å². The molecule has 1 fully saturated rings. The van der Waals surface area contributed by atoms with Gasteiger partial charge in [-0.25, -0.2) is 0 Å². The van der Waals surface area contributed by atoms with Gasteiger partial charge in [-0.15, -0.1) is 0 Å². The third-order valence-corrected chi connectivity index (χ3v) is 3.95. The van der Waals surface area contributed by atoms with Crippen LogP contribution >= 0.6 is 0 Å². The van der Waals surface area contributed by atoms with Gasteiger partial charge in [-0.1, -0.05) is 46.0 Å². The highest BCUT2D eigenvalue weighted by Crippen LogP contribution is 2.25. The van der Waals surface area contributed by atoms with Gasteiger partial charge in [0.2, 0.25) is 0 Å². The second kappa shape index (κ2) is 8.11. The molecule has 0 spiro atoms. The molecule has 0 aromatic carbocycles. The summed E-state index contributed by atoms with van der Waals surface area (Å²) in [6.45, 7) is 8.21. The third kappa shape index (κ3) is 6.52. The molecule has 0 aliphatic heterocycles. The molecule has 1 nitrogen and oxygen atoms in total. The molecule has 1 atom stereocenters. The Morgan fingerprint density at radius 2 is 1.69 bits per heavy atom. The zero-order valence-corrected chi connectivity index (χ0v) is 11.6. The molecular weight excluding hydrogens is 194 g/mol. The quantitative estimate of drug-likeness (QED) is 0.678. The van der Waals surface area contributed by atoms with Crippen LogP contribution in [0.2, 0.25) is 0 Å². The molecule has 1 heteroatoms. The van der Waals surface area contributed by atoms with Crippen LogP contribution in [0.15, 0.2) is 0 Å². The molecule has 1 N–H and O–H groups in total. The molecule has 0 aromatic rings. The first-order valence-electron chi connectivity index (χ1n) is 7.42. The Bertz CT molecular complexity index is 159. The van der Waals surface area contributed by atoms with E-state index in [0.717, 1.165) is 11.8 Å². The number of hydrogen-bond donors (Lipinski definition) is 1. The maximum Gasteiger partial charge on any atom is 0.00388 e. The minimum absolute atomic E-state index is 0.714. The van der Waals surface area contributed by atoms with E-state index in [-0.39, 0.29) is 0 Å². The van der Waals surface area contributed by atoms with Crippen LogP contribution in [0.25, 0.3) is 0 Å². The lowest BCUT2D eigenvalue weighted by Gasteiger charge is -2.22. The molecule has 0 heterocycles. The summed E-state index contributed by atoms with van der Waals surface area (Å²) in [6, 6.07) is 0.714. The van der Waals surface area contributed by atoms with Crippen molar-refractivity contribution in [1.82, 2.24) is 5.32 Å². The van der Waals surface area contributed by atoms with Crippen molar-refractivity contribution < 1.29 is 0 Å². The van der Waals surface area contributed by atoms with E-state index in [1.807, 2.05) is 0 Å². The second-order valence-electron chi connectivity index (χ2n) is 6.12. The Kier molecular flexibility index (Phi) is 7.11. The molecule has 1 unspecified atom stereocenters. The highest BCUT2D eigenvalue weighted by atomic mass is 14.9. The lowest BCUT2D eigenvalue weighted by atomic mass is 9.87. The minimum Gasteiger partial charge on any atom is -0.314 e. The maximum atomic E-state index is 3.69. The van der Waals surface area contributed by atoms with Gasteiger partial charge in [-0.05, 0) is 44.6 Å². The predicted octanol–water partition coefficient (Wildman–Crippen LogP) is 4.37. The van der Waals surface area contributed by atoms with E-state index in [0.29, 0.717) is 6.04 Å². The Morgan fingerprint density at radius 3 is 2.31 bits per heavy atom. The zero-order valence-electron chi connectivity index (χ0n) is 11.6. The van der Waals surface area contributed by atoms with E-state index in [9.17, 15) is 0 Å². The molecule has 1 saturated carbocycles. The van der Waals surface area contributed by atoms with E-state index in [1.165, 1.54) is 57.9 Å². The summed E-state index contributed by atoms with van der Waals surface area (Å²) in [5.74, 6) is 1.88. The monoisotopic (exact) mass is 225 g/mol. The Labute approximate surface area is 102 Å². The fourth-order valence-electron chi connectivity index (χ4n) is 2.70. The van der Waals surface area contributed by atoms with Gasteiger partial charge in [-0.3, -0.25) is 0 Å². The molecule has 1 rings (SSSR count). The summed E-state index contributed by atoms with van der Waals surface area (Å²) in [5.41, 5.74) is 0. The second-order valence-corrected chi connectivity index (χ2v) is 6.12. The smallest absolute Gasteiger partial charge is 0.00388 e. The standard InChI is InChI=1S/C15H31N/c1-13(2)9-10-14(3)16-12-11-15-7-5-4-6-8-15/h13-16H,4-12H2,1-3H3. The summed E-state index contributed by atoms with van der Waals surface area (Å²) < 4.78 is 0. The van der Waals surface area contributed by atoms with E-state index in [1.54, 1.807) is 0 Å². The van der Waals surface area contributed by atoms with Crippen molar-refractivity contribution in [2.75, 3.05) is 6.54 Å². The molecule has 0 bridgehead atoms. The number of hydrogen-bond acceptors (Lipinski definition) is 1. The Balaban J connectivity index is 1.96. The van der Waals surface area contributed by atoms with Crippen molar-refractivity contribution >= 4 is 0 Å². The molecule has 0 amide bonds. The summed E-state index contributed by atoms with van der Waals surface area (Å²) in [4.78, 5) is 0. The first-order chi connectivity index (χ1) is 7.68. The molecule has 1 aliphatic carbocycles. The summed E-state index contributed by atoms with van der Waals surface area (Å²) in [7, 11) is 0. The Morgan fingerprint density at radius 1 is 1.00 bits per heavy atom. The van der Waals surface area contributed by atoms with E-state index < -0.39 is 0 Å². The van der Waals surface area contributed by atoms with E-state index in [2.05, 4.69) is 26.1 Å². The van der Waals surface area contributed by atoms with Gasteiger partial charge in [-0.2, -0.15) is 0 Å². The molecule has 1 aliphatic rings. The van der Waals surface area contributed by atoms with Gasteiger partial charge in [0.15, 0.2) is 0 Å². The topological polar surface area (TPSA) is 12.0 Å². The number of nitrogens with one attached hydrogen (secondary N) is 1. The Hall–Kier alpha value is -0.0400. The lowest BCUT2D eigenvalue weighted by molar-refractivity contribution is 0.325. The fourth-order valence-corrected chi connectivity index (χ4v) is 2.70. The summed E-state index contributed by atoms with van der Waals surface area (Å²) in [5, 5.41) is 3.69. The maximum absolute atomic E-state index is 3.69. The SMILES string of the molecule is CC(C)CCC(C)NCCC1CCCCC1. The van der Waals surface area contributed by atoms with Gasteiger partial charge in [0.1, 0.15) is 0 Å². The molecule has 96 valence electrons. The lowest BCUT2D eigenvalue weighted by Crippen LogP contribution is -2.28. The average Bonchev–Trinajstić information content (AvgIpc) is 2.28. The average molecular weight is 225 g/mol. The van der Waals surface area contributed by atoms with Gasteiger partial charge >= 0.3 is 0 Å². The molecule has 0 radical (unpaired) electrons. The molecule has 0 saturated heterocycles. The highest BCUT2D eigenvalue weighted by Gasteiger charge is 2.13. The van der Waals surface area contributed by atoms with Crippen molar-refractivity contribution in [2.45, 2.75) is 78.2 Å². The normalized spacial score (nSPS) is 20.2. The molecule has 16 heavy (non-hydrogen) atoms. The predicted molar refractivity (Wildman–Crippen MR) is 72.7 cm³/mol.